The number of nitrogens with zero attached hydrogens (tertiary/aromatic N) is 2. The molecule has 0 atom stereocenters. The summed E-state index contributed by atoms with van der Waals surface area (Å²) in [5, 5.41) is 16.5. The third-order valence-corrected chi connectivity index (χ3v) is 4.84. The van der Waals surface area contributed by atoms with Crippen molar-refractivity contribution in [2.75, 3.05) is 5.32 Å². The Morgan fingerprint density at radius 3 is 2.46 bits per heavy atom. The molecule has 0 radical (unpaired) electrons. The van der Waals surface area contributed by atoms with Crippen molar-refractivity contribution < 1.29 is 9.32 Å². The SMILES string of the molecule is N#Cc1ccc(NC(=O)C2(c3cc(-c4ccc(Cl)cc4)on3)CC2)cc1. The van der Waals surface area contributed by atoms with Gasteiger partial charge in [0.25, 0.3) is 0 Å². The molecular formula is C20H14ClN3O2. The van der Waals surface area contributed by atoms with Gasteiger partial charge in [-0.05, 0) is 61.4 Å². The second-order valence-corrected chi connectivity index (χ2v) is 6.75. The molecular weight excluding hydrogens is 350 g/mol. The first kappa shape index (κ1) is 16.4. The molecule has 4 rings (SSSR count). The van der Waals surface area contributed by atoms with Gasteiger partial charge in [-0.2, -0.15) is 5.26 Å². The number of benzene rings is 2. The molecule has 0 aliphatic heterocycles. The number of hydrogen-bond donors (Lipinski definition) is 1. The van der Waals surface area contributed by atoms with E-state index in [9.17, 15) is 4.79 Å². The maximum atomic E-state index is 12.8. The van der Waals surface area contributed by atoms with Crippen molar-refractivity contribution in [3.8, 4) is 17.4 Å². The lowest BCUT2D eigenvalue weighted by atomic mass is 10.00. The van der Waals surface area contributed by atoms with Gasteiger partial charge >= 0.3 is 0 Å². The number of halogens is 1. The van der Waals surface area contributed by atoms with E-state index in [0.717, 1.165) is 18.4 Å². The van der Waals surface area contributed by atoms with Crippen LogP contribution in [0.25, 0.3) is 11.3 Å². The van der Waals surface area contributed by atoms with Crippen molar-refractivity contribution in [3.63, 3.8) is 0 Å². The van der Waals surface area contributed by atoms with Crippen LogP contribution in [0, 0.1) is 11.3 Å². The number of nitrogens with one attached hydrogen (secondary N) is 1. The highest BCUT2D eigenvalue weighted by atomic mass is 35.5. The van der Waals surface area contributed by atoms with Gasteiger partial charge in [-0.15, -0.1) is 0 Å². The summed E-state index contributed by atoms with van der Waals surface area (Å²) >= 11 is 5.91. The van der Waals surface area contributed by atoms with Crippen LogP contribution in [0.15, 0.2) is 59.1 Å². The molecule has 1 amide bonds. The number of amides is 1. The molecule has 2 aromatic carbocycles. The summed E-state index contributed by atoms with van der Waals surface area (Å²) in [4.78, 5) is 12.8. The Morgan fingerprint density at radius 1 is 1.15 bits per heavy atom. The van der Waals surface area contributed by atoms with E-state index in [0.29, 0.717) is 27.7 Å². The smallest absolute Gasteiger partial charge is 0.236 e. The van der Waals surface area contributed by atoms with Crippen LogP contribution in [-0.4, -0.2) is 11.1 Å². The minimum atomic E-state index is -0.651. The quantitative estimate of drug-likeness (QED) is 0.738. The highest BCUT2D eigenvalue weighted by molar-refractivity contribution is 6.30. The highest BCUT2D eigenvalue weighted by Crippen LogP contribution is 2.49. The lowest BCUT2D eigenvalue weighted by molar-refractivity contribution is -0.118. The first-order valence-corrected chi connectivity index (χ1v) is 8.53. The van der Waals surface area contributed by atoms with Gasteiger partial charge in [-0.25, -0.2) is 0 Å². The summed E-state index contributed by atoms with van der Waals surface area (Å²) < 4.78 is 5.44. The minimum Gasteiger partial charge on any atom is -0.356 e. The highest BCUT2D eigenvalue weighted by Gasteiger charge is 2.53. The summed E-state index contributed by atoms with van der Waals surface area (Å²) in [6.07, 6.45) is 1.45. The van der Waals surface area contributed by atoms with Gasteiger partial charge in [0.2, 0.25) is 5.91 Å². The Balaban J connectivity index is 1.54. The van der Waals surface area contributed by atoms with E-state index in [4.69, 9.17) is 21.4 Å². The molecule has 128 valence electrons. The Kier molecular flexibility index (Phi) is 3.98. The number of aromatic nitrogens is 1. The molecule has 1 fully saturated rings. The van der Waals surface area contributed by atoms with Crippen LogP contribution in [0.5, 0.6) is 0 Å². The van der Waals surface area contributed by atoms with Crippen LogP contribution in [-0.2, 0) is 10.2 Å². The van der Waals surface area contributed by atoms with E-state index in [2.05, 4.69) is 16.5 Å². The third kappa shape index (κ3) is 2.96. The van der Waals surface area contributed by atoms with Crippen LogP contribution in [0.2, 0.25) is 5.02 Å². The zero-order chi connectivity index (χ0) is 18.1. The predicted octanol–water partition coefficient (Wildman–Crippen LogP) is 4.54. The van der Waals surface area contributed by atoms with Crippen LogP contribution in [0.4, 0.5) is 5.69 Å². The van der Waals surface area contributed by atoms with Gasteiger partial charge in [0.05, 0.1) is 22.7 Å². The normalized spacial score (nSPS) is 14.5. The second-order valence-electron chi connectivity index (χ2n) is 6.31. The van der Waals surface area contributed by atoms with Crippen molar-refractivity contribution in [1.29, 1.82) is 5.26 Å². The van der Waals surface area contributed by atoms with Gasteiger partial charge in [-0.1, -0.05) is 16.8 Å². The van der Waals surface area contributed by atoms with E-state index >= 15 is 0 Å². The number of anilines is 1. The molecule has 0 bridgehead atoms. The molecule has 5 nitrogen and oxygen atoms in total. The maximum Gasteiger partial charge on any atom is 0.236 e. The lowest BCUT2D eigenvalue weighted by Crippen LogP contribution is -2.28. The predicted molar refractivity (Wildman–Crippen MR) is 97.6 cm³/mol. The summed E-state index contributed by atoms with van der Waals surface area (Å²) in [5.41, 5.74) is 2.04. The summed E-state index contributed by atoms with van der Waals surface area (Å²) in [6.45, 7) is 0. The standard InChI is InChI=1S/C20H14ClN3O2/c21-15-5-3-14(4-6-15)17-11-18(24-26-17)20(9-10-20)19(25)23-16-7-1-13(12-22)2-8-16/h1-8,11H,9-10H2,(H,23,25). The van der Waals surface area contributed by atoms with Crippen LogP contribution in [0.3, 0.4) is 0 Å². The number of carbonyl (C=O) groups excluding carboxylic acids is 1. The molecule has 0 unspecified atom stereocenters. The number of nitriles is 1. The maximum absolute atomic E-state index is 12.8. The Morgan fingerprint density at radius 2 is 1.85 bits per heavy atom. The molecule has 0 saturated heterocycles. The second kappa shape index (κ2) is 6.32. The Hall–Kier alpha value is -3.10. The molecule has 1 aliphatic carbocycles. The van der Waals surface area contributed by atoms with Gasteiger partial charge in [0, 0.05) is 22.3 Å². The van der Waals surface area contributed by atoms with Gasteiger partial charge < -0.3 is 9.84 Å². The summed E-state index contributed by atoms with van der Waals surface area (Å²) in [7, 11) is 0. The van der Waals surface area contributed by atoms with Gasteiger partial charge in [0.1, 0.15) is 0 Å². The van der Waals surface area contributed by atoms with E-state index in [1.807, 2.05) is 18.2 Å². The van der Waals surface area contributed by atoms with Crippen molar-refractivity contribution >= 4 is 23.2 Å². The van der Waals surface area contributed by atoms with Crippen molar-refractivity contribution in [2.24, 2.45) is 0 Å². The zero-order valence-electron chi connectivity index (χ0n) is 13.7. The molecule has 1 saturated carbocycles. The molecule has 0 spiro atoms. The van der Waals surface area contributed by atoms with Crippen LogP contribution in [0.1, 0.15) is 24.1 Å². The fraction of sp³-hybridized carbons (Fsp3) is 0.150. The first-order valence-electron chi connectivity index (χ1n) is 8.15. The average Bonchev–Trinajstić information content (AvgIpc) is 3.33. The topological polar surface area (TPSA) is 78.9 Å². The number of carbonyl (C=O) groups is 1. The summed E-state index contributed by atoms with van der Waals surface area (Å²) in [6, 6.07) is 17.9. The van der Waals surface area contributed by atoms with Crippen molar-refractivity contribution in [3.05, 3.63) is 70.9 Å². The molecule has 6 heteroatoms. The lowest BCUT2D eigenvalue weighted by Gasteiger charge is -2.12. The van der Waals surface area contributed by atoms with E-state index in [-0.39, 0.29) is 5.91 Å². The van der Waals surface area contributed by atoms with Crippen LogP contribution >= 0.6 is 11.6 Å². The number of rotatable bonds is 4. The molecule has 1 aliphatic rings. The Bertz CT molecular complexity index is 997. The van der Waals surface area contributed by atoms with E-state index < -0.39 is 5.41 Å². The fourth-order valence-corrected chi connectivity index (χ4v) is 2.98. The molecule has 1 heterocycles. The van der Waals surface area contributed by atoms with Crippen molar-refractivity contribution in [1.82, 2.24) is 5.16 Å². The van der Waals surface area contributed by atoms with Gasteiger partial charge in [0.15, 0.2) is 5.76 Å². The fourth-order valence-electron chi connectivity index (χ4n) is 2.85. The largest absolute Gasteiger partial charge is 0.356 e. The first-order chi connectivity index (χ1) is 12.6. The number of hydrogen-bond acceptors (Lipinski definition) is 4. The van der Waals surface area contributed by atoms with E-state index in [1.54, 1.807) is 36.4 Å². The third-order valence-electron chi connectivity index (χ3n) is 4.59. The minimum absolute atomic E-state index is 0.113. The monoisotopic (exact) mass is 363 g/mol. The summed E-state index contributed by atoms with van der Waals surface area (Å²) in [5.74, 6) is 0.493. The zero-order valence-corrected chi connectivity index (χ0v) is 14.5. The van der Waals surface area contributed by atoms with E-state index in [1.165, 1.54) is 0 Å². The van der Waals surface area contributed by atoms with Gasteiger partial charge in [-0.3, -0.25) is 4.79 Å². The Labute approximate surface area is 155 Å². The van der Waals surface area contributed by atoms with Crippen molar-refractivity contribution in [2.45, 2.75) is 18.3 Å². The molecule has 1 N–H and O–H groups in total. The molecule has 26 heavy (non-hydrogen) atoms. The molecule has 1 aromatic heterocycles. The molecule has 3 aromatic rings. The van der Waals surface area contributed by atoms with Crippen LogP contribution < -0.4 is 5.32 Å². The average molecular weight is 364 g/mol.